The average Bonchev–Trinajstić information content (AvgIpc) is 3.37. The third-order valence-electron chi connectivity index (χ3n) is 6.28. The number of hydrogen-bond acceptors (Lipinski definition) is 6. The minimum absolute atomic E-state index is 0.283. The van der Waals surface area contributed by atoms with Crippen LogP contribution in [-0.2, 0) is 10.2 Å². The predicted octanol–water partition coefficient (Wildman–Crippen LogP) is 4.29. The van der Waals surface area contributed by atoms with Gasteiger partial charge in [-0.1, -0.05) is 18.2 Å². The maximum atomic E-state index is 11.8. The topological polar surface area (TPSA) is 88.8 Å². The van der Waals surface area contributed by atoms with Crippen molar-refractivity contribution < 1.29 is 14.7 Å². The van der Waals surface area contributed by atoms with Crippen molar-refractivity contribution in [2.24, 2.45) is 0 Å². The first kappa shape index (κ1) is 20.8. The summed E-state index contributed by atoms with van der Waals surface area (Å²) in [5, 5.41) is 9.98. The van der Waals surface area contributed by atoms with Crippen LogP contribution in [0.1, 0.15) is 44.3 Å². The number of thiazole rings is 1. The van der Waals surface area contributed by atoms with Crippen molar-refractivity contribution in [2.45, 2.75) is 32.1 Å². The van der Waals surface area contributed by atoms with E-state index in [9.17, 15) is 4.79 Å². The number of aromatic nitrogens is 3. The molecule has 32 heavy (non-hydrogen) atoms. The number of carbonyl (C=O) groups excluding carboxylic acids is 1. The summed E-state index contributed by atoms with van der Waals surface area (Å²) < 4.78 is 7.80. The number of amides is 1. The quantitative estimate of drug-likeness (QED) is 0.359. The second kappa shape index (κ2) is 8.12. The van der Waals surface area contributed by atoms with Gasteiger partial charge in [-0.2, -0.15) is 0 Å². The van der Waals surface area contributed by atoms with Crippen LogP contribution in [0.5, 0.6) is 0 Å². The normalized spacial score (nSPS) is 15.7. The number of nitrogens with one attached hydrogen (secondary N) is 1. The van der Waals surface area contributed by atoms with Gasteiger partial charge in [-0.3, -0.25) is 14.4 Å². The molecule has 4 heterocycles. The second-order valence-corrected chi connectivity index (χ2v) is 9.31. The lowest BCUT2D eigenvalue weighted by atomic mass is 9.74. The van der Waals surface area contributed by atoms with Gasteiger partial charge in [0.25, 0.3) is 5.91 Å². The molecule has 1 aromatic carbocycles. The molecule has 0 aliphatic carbocycles. The molecule has 5 rings (SSSR count). The Bertz CT molecular complexity index is 1290. The highest BCUT2D eigenvalue weighted by molar-refractivity contribution is 7.12. The summed E-state index contributed by atoms with van der Waals surface area (Å²) >= 11 is 1.72. The number of pyridine rings is 1. The Hall–Kier alpha value is -3.07. The fourth-order valence-electron chi connectivity index (χ4n) is 4.57. The smallest absolute Gasteiger partial charge is 0.274 e. The number of rotatable bonds is 4. The van der Waals surface area contributed by atoms with Crippen molar-refractivity contribution in [1.82, 2.24) is 19.8 Å². The molecule has 0 radical (unpaired) electrons. The Labute approximate surface area is 189 Å². The van der Waals surface area contributed by atoms with Gasteiger partial charge in [0.05, 0.1) is 16.8 Å². The highest BCUT2D eigenvalue weighted by atomic mass is 32.1. The standard InChI is InChI=1S/C24H24N4O3S/c1-15-21(28-12-4-3-5-19(28)25-15)20-16(2)32-23(26-20)24(10-13-31-14-11-24)18-8-6-17(7-9-18)22(29)27-30/h3-9,12,30H,10-11,13-14H2,1-2H3,(H,27,29). The monoisotopic (exact) mass is 448 g/mol. The van der Waals surface area contributed by atoms with Crippen LogP contribution in [0.3, 0.4) is 0 Å². The highest BCUT2D eigenvalue weighted by Gasteiger charge is 2.40. The third-order valence-corrected chi connectivity index (χ3v) is 7.46. The first-order chi connectivity index (χ1) is 15.5. The number of fused-ring (bicyclic) bond motifs is 1. The summed E-state index contributed by atoms with van der Waals surface area (Å²) in [6.07, 6.45) is 3.66. The number of nitrogens with zero attached hydrogens (tertiary/aromatic N) is 3. The van der Waals surface area contributed by atoms with Crippen LogP contribution in [0.2, 0.25) is 0 Å². The SMILES string of the molecule is Cc1nc2ccccn2c1-c1nc(C2(c3ccc(C(=O)NO)cc3)CCOCC2)sc1C. The molecule has 1 amide bonds. The van der Waals surface area contributed by atoms with Crippen molar-refractivity contribution in [3.8, 4) is 11.4 Å². The van der Waals surface area contributed by atoms with E-state index < -0.39 is 5.91 Å². The van der Waals surface area contributed by atoms with Gasteiger partial charge in [0.15, 0.2) is 0 Å². The molecular weight excluding hydrogens is 424 g/mol. The molecule has 4 aromatic rings. The van der Waals surface area contributed by atoms with Crippen molar-refractivity contribution in [3.63, 3.8) is 0 Å². The van der Waals surface area contributed by atoms with E-state index in [-0.39, 0.29) is 5.41 Å². The van der Waals surface area contributed by atoms with Gasteiger partial charge in [-0.25, -0.2) is 15.4 Å². The highest BCUT2D eigenvalue weighted by Crippen LogP contribution is 2.45. The molecule has 0 atom stereocenters. The average molecular weight is 449 g/mol. The van der Waals surface area contributed by atoms with Crippen molar-refractivity contribution in [2.75, 3.05) is 13.2 Å². The zero-order chi connectivity index (χ0) is 22.3. The summed E-state index contributed by atoms with van der Waals surface area (Å²) in [7, 11) is 0. The van der Waals surface area contributed by atoms with Crippen LogP contribution < -0.4 is 5.48 Å². The zero-order valence-electron chi connectivity index (χ0n) is 18.0. The van der Waals surface area contributed by atoms with Crippen LogP contribution in [0.25, 0.3) is 17.0 Å². The van der Waals surface area contributed by atoms with Crippen LogP contribution in [0.15, 0.2) is 48.7 Å². The summed E-state index contributed by atoms with van der Waals surface area (Å²) in [5.41, 5.74) is 6.77. The van der Waals surface area contributed by atoms with Crippen molar-refractivity contribution in [1.29, 1.82) is 0 Å². The first-order valence-electron chi connectivity index (χ1n) is 10.6. The lowest BCUT2D eigenvalue weighted by molar-refractivity contribution is 0.0629. The summed E-state index contributed by atoms with van der Waals surface area (Å²) in [4.78, 5) is 22.8. The van der Waals surface area contributed by atoms with E-state index in [1.807, 2.05) is 43.5 Å². The van der Waals surface area contributed by atoms with Gasteiger partial charge in [0.2, 0.25) is 0 Å². The molecule has 2 N–H and O–H groups in total. The Morgan fingerprint density at radius 2 is 1.88 bits per heavy atom. The molecule has 1 aliphatic heterocycles. The Morgan fingerprint density at radius 1 is 1.12 bits per heavy atom. The molecule has 1 aliphatic rings. The van der Waals surface area contributed by atoms with Crippen LogP contribution in [-0.4, -0.2) is 38.7 Å². The van der Waals surface area contributed by atoms with Crippen molar-refractivity contribution >= 4 is 22.9 Å². The number of hydroxylamine groups is 1. The van der Waals surface area contributed by atoms with Crippen LogP contribution in [0, 0.1) is 13.8 Å². The molecule has 0 spiro atoms. The lowest BCUT2D eigenvalue weighted by Gasteiger charge is -2.36. The fourth-order valence-corrected chi connectivity index (χ4v) is 5.75. The van der Waals surface area contributed by atoms with Gasteiger partial charge in [-0.15, -0.1) is 11.3 Å². The Kier molecular flexibility index (Phi) is 5.28. The number of aryl methyl sites for hydroxylation is 2. The maximum absolute atomic E-state index is 11.8. The fraction of sp³-hybridized carbons (Fsp3) is 0.292. The van der Waals surface area contributed by atoms with Gasteiger partial charge in [-0.05, 0) is 56.5 Å². The molecule has 0 bridgehead atoms. The van der Waals surface area contributed by atoms with E-state index >= 15 is 0 Å². The van der Waals surface area contributed by atoms with E-state index in [4.69, 9.17) is 19.9 Å². The molecular formula is C24H24N4O3S. The minimum Gasteiger partial charge on any atom is -0.381 e. The van der Waals surface area contributed by atoms with Crippen molar-refractivity contribution in [3.05, 3.63) is 75.4 Å². The molecule has 3 aromatic heterocycles. The first-order valence-corrected chi connectivity index (χ1v) is 11.4. The largest absolute Gasteiger partial charge is 0.381 e. The van der Waals surface area contributed by atoms with Gasteiger partial charge < -0.3 is 4.74 Å². The Balaban J connectivity index is 1.63. The van der Waals surface area contributed by atoms with E-state index in [1.165, 1.54) is 0 Å². The number of benzene rings is 1. The number of ether oxygens (including phenoxy) is 1. The van der Waals surface area contributed by atoms with Gasteiger partial charge in [0.1, 0.15) is 16.3 Å². The van der Waals surface area contributed by atoms with Crippen LogP contribution >= 0.6 is 11.3 Å². The predicted molar refractivity (Wildman–Crippen MR) is 122 cm³/mol. The van der Waals surface area contributed by atoms with E-state index in [1.54, 1.807) is 28.9 Å². The van der Waals surface area contributed by atoms with E-state index in [0.29, 0.717) is 18.8 Å². The molecule has 8 heteroatoms. The van der Waals surface area contributed by atoms with Gasteiger partial charge in [0, 0.05) is 29.9 Å². The molecule has 1 fully saturated rings. The Morgan fingerprint density at radius 3 is 2.59 bits per heavy atom. The minimum atomic E-state index is -0.520. The zero-order valence-corrected chi connectivity index (χ0v) is 18.8. The van der Waals surface area contributed by atoms with Gasteiger partial charge >= 0.3 is 0 Å². The molecule has 0 unspecified atom stereocenters. The second-order valence-electron chi connectivity index (χ2n) is 8.11. The van der Waals surface area contributed by atoms with E-state index in [2.05, 4.69) is 11.3 Å². The number of imidazole rings is 1. The third kappa shape index (κ3) is 3.31. The number of hydrogen-bond donors (Lipinski definition) is 2. The summed E-state index contributed by atoms with van der Waals surface area (Å²) in [6.45, 7) is 5.44. The van der Waals surface area contributed by atoms with Crippen LogP contribution in [0.4, 0.5) is 0 Å². The summed E-state index contributed by atoms with van der Waals surface area (Å²) in [6, 6.07) is 13.4. The molecule has 0 saturated carbocycles. The maximum Gasteiger partial charge on any atom is 0.274 e. The number of carbonyl (C=O) groups is 1. The summed E-state index contributed by atoms with van der Waals surface area (Å²) in [5.74, 6) is -0.520. The lowest BCUT2D eigenvalue weighted by Crippen LogP contribution is -2.35. The molecule has 1 saturated heterocycles. The van der Waals surface area contributed by atoms with E-state index in [0.717, 1.165) is 51.0 Å². The molecule has 7 nitrogen and oxygen atoms in total. The molecule has 164 valence electrons.